The summed E-state index contributed by atoms with van der Waals surface area (Å²) < 4.78 is 0. The molecule has 0 saturated heterocycles. The van der Waals surface area contributed by atoms with Crippen LogP contribution in [-0.2, 0) is 0 Å². The number of fused-ring (bicyclic) bond motifs is 2. The molecule has 0 saturated carbocycles. The molecule has 42 heavy (non-hydrogen) atoms. The predicted octanol–water partition coefficient (Wildman–Crippen LogP) is 8.18. The Morgan fingerprint density at radius 1 is 0.524 bits per heavy atom. The molecule has 0 atom stereocenters. The summed E-state index contributed by atoms with van der Waals surface area (Å²) >= 11 is 29.1. The van der Waals surface area contributed by atoms with E-state index in [0.717, 1.165) is 44.7 Å². The fourth-order valence-electron chi connectivity index (χ4n) is 3.84. The number of hydrogen-bond donors (Lipinski definition) is 2. The second-order valence-corrected chi connectivity index (χ2v) is 11.1. The number of nitrogens with zero attached hydrogens (tertiary/aromatic N) is 4. The quantitative estimate of drug-likeness (QED) is 0.183. The summed E-state index contributed by atoms with van der Waals surface area (Å²) in [6.45, 7) is 3.78. The minimum atomic E-state index is -1.52. The maximum Gasteiger partial charge on any atom is 0.488 e. The van der Waals surface area contributed by atoms with Crippen LogP contribution in [0.3, 0.4) is 0 Å². The Labute approximate surface area is 268 Å². The van der Waals surface area contributed by atoms with E-state index in [-0.39, 0.29) is 0 Å². The molecular weight excluding hydrogens is 636 g/mol. The Morgan fingerprint density at radius 3 is 1.40 bits per heavy atom. The van der Waals surface area contributed by atoms with Crippen LogP contribution in [0.15, 0.2) is 84.9 Å². The first-order chi connectivity index (χ1) is 20.0. The van der Waals surface area contributed by atoms with Gasteiger partial charge in [-0.3, -0.25) is 0 Å². The highest BCUT2D eigenvalue weighted by atomic mass is 35.5. The fourth-order valence-corrected chi connectivity index (χ4v) is 5.05. The van der Waals surface area contributed by atoms with Crippen molar-refractivity contribution in [2.75, 3.05) is 0 Å². The molecule has 2 N–H and O–H groups in total. The van der Waals surface area contributed by atoms with Crippen molar-refractivity contribution in [2.45, 2.75) is 13.8 Å². The molecule has 0 fully saturated rings. The SMILES string of the molecule is Cc1nc2ccccc2nc1-c1cc(Cl)cc(Cl)c1.Cc1nc2ccccc2nc1Cl.OB(O)c1cc(Cl)cc(Cl)c1. The van der Waals surface area contributed by atoms with Gasteiger partial charge in [-0.25, -0.2) is 19.9 Å². The third-order valence-corrected chi connectivity index (χ3v) is 6.98. The van der Waals surface area contributed by atoms with E-state index in [0.29, 0.717) is 30.7 Å². The molecule has 0 radical (unpaired) electrons. The van der Waals surface area contributed by atoms with Crippen molar-refractivity contribution in [3.63, 3.8) is 0 Å². The van der Waals surface area contributed by atoms with Crippen LogP contribution in [-0.4, -0.2) is 37.1 Å². The van der Waals surface area contributed by atoms with E-state index >= 15 is 0 Å². The Hall–Kier alpha value is -3.01. The van der Waals surface area contributed by atoms with Crippen LogP contribution in [0.25, 0.3) is 33.3 Å². The molecule has 0 unspecified atom stereocenters. The highest BCUT2D eigenvalue weighted by Gasteiger charge is 2.12. The zero-order chi connectivity index (χ0) is 30.4. The van der Waals surface area contributed by atoms with Crippen LogP contribution in [0.5, 0.6) is 0 Å². The second kappa shape index (κ2) is 14.4. The molecule has 0 aliphatic heterocycles. The largest absolute Gasteiger partial charge is 0.488 e. The van der Waals surface area contributed by atoms with Crippen LogP contribution in [0.2, 0.25) is 25.2 Å². The maximum absolute atomic E-state index is 8.71. The first-order valence-electron chi connectivity index (χ1n) is 12.4. The topological polar surface area (TPSA) is 92.0 Å². The molecule has 6 nitrogen and oxygen atoms in total. The van der Waals surface area contributed by atoms with E-state index in [1.54, 1.807) is 6.07 Å². The van der Waals surface area contributed by atoms with Gasteiger partial charge in [-0.2, -0.15) is 0 Å². The molecule has 2 aromatic heterocycles. The summed E-state index contributed by atoms with van der Waals surface area (Å²) in [5, 5.41) is 19.9. The van der Waals surface area contributed by atoms with Crippen LogP contribution in [0.4, 0.5) is 0 Å². The van der Waals surface area contributed by atoms with Gasteiger partial charge in [0.2, 0.25) is 0 Å². The lowest BCUT2D eigenvalue weighted by molar-refractivity contribution is 0.426. The zero-order valence-electron chi connectivity index (χ0n) is 22.2. The second-order valence-electron chi connectivity index (χ2n) is 8.97. The predicted molar refractivity (Wildman–Crippen MR) is 175 cm³/mol. The molecule has 0 spiro atoms. The third kappa shape index (κ3) is 8.52. The fraction of sp³-hybridized carbons (Fsp3) is 0.0667. The van der Waals surface area contributed by atoms with E-state index in [1.165, 1.54) is 18.2 Å². The molecule has 0 amide bonds. The van der Waals surface area contributed by atoms with Gasteiger partial charge in [0.05, 0.1) is 39.1 Å². The van der Waals surface area contributed by atoms with Gasteiger partial charge in [0.25, 0.3) is 0 Å². The lowest BCUT2D eigenvalue weighted by Crippen LogP contribution is -2.29. The Bertz CT molecular complexity index is 1790. The number of benzene rings is 4. The molecule has 212 valence electrons. The van der Waals surface area contributed by atoms with Crippen molar-refractivity contribution in [2.24, 2.45) is 0 Å². The van der Waals surface area contributed by atoms with Gasteiger partial charge in [-0.1, -0.05) is 82.3 Å². The van der Waals surface area contributed by atoms with E-state index in [2.05, 4.69) is 19.9 Å². The average Bonchev–Trinajstić information content (AvgIpc) is 2.93. The Balaban J connectivity index is 0.000000153. The van der Waals surface area contributed by atoms with E-state index in [9.17, 15) is 0 Å². The number of aromatic nitrogens is 4. The Kier molecular flexibility index (Phi) is 11.0. The van der Waals surface area contributed by atoms with Crippen LogP contribution in [0, 0.1) is 13.8 Å². The molecule has 0 bridgehead atoms. The highest BCUT2D eigenvalue weighted by molar-refractivity contribution is 6.59. The molecule has 0 aliphatic carbocycles. The van der Waals surface area contributed by atoms with E-state index in [4.69, 9.17) is 68.1 Å². The van der Waals surface area contributed by atoms with Crippen molar-refractivity contribution >= 4 is 92.7 Å². The number of aryl methyl sites for hydroxylation is 2. The number of rotatable bonds is 2. The minimum Gasteiger partial charge on any atom is -0.423 e. The molecule has 12 heteroatoms. The maximum atomic E-state index is 8.71. The lowest BCUT2D eigenvalue weighted by atomic mass is 9.80. The van der Waals surface area contributed by atoms with Crippen LogP contribution in [0.1, 0.15) is 11.4 Å². The van der Waals surface area contributed by atoms with Gasteiger partial charge < -0.3 is 10.0 Å². The standard InChI is InChI=1S/C15H10Cl2N2.C9H7ClN2.C6H5BCl2O2/c1-9-15(10-6-11(16)8-12(17)7-10)19-14-5-3-2-4-13(14)18-9;1-6-9(10)12-8-5-3-2-4-7(8)11-6;8-5-1-4(7(10)11)2-6(9)3-5/h2-8H,1H3;2-5H,1H3;1-3,10-11H. The van der Waals surface area contributed by atoms with Crippen LogP contribution >= 0.6 is 58.0 Å². The molecule has 2 heterocycles. The van der Waals surface area contributed by atoms with E-state index in [1.807, 2.05) is 74.5 Å². The summed E-state index contributed by atoms with van der Waals surface area (Å²) in [7, 11) is -1.52. The molecule has 0 aliphatic rings. The van der Waals surface area contributed by atoms with Crippen molar-refractivity contribution in [1.29, 1.82) is 0 Å². The average molecular weight is 659 g/mol. The van der Waals surface area contributed by atoms with Crippen molar-refractivity contribution in [3.05, 3.63) is 122 Å². The van der Waals surface area contributed by atoms with Gasteiger partial charge >= 0.3 is 7.12 Å². The molecule has 4 aromatic carbocycles. The van der Waals surface area contributed by atoms with Crippen molar-refractivity contribution < 1.29 is 10.0 Å². The van der Waals surface area contributed by atoms with Gasteiger partial charge in [0.15, 0.2) is 5.15 Å². The molecular formula is C30H22BCl5N4O2. The first-order valence-corrected chi connectivity index (χ1v) is 14.3. The zero-order valence-corrected chi connectivity index (χ0v) is 26.0. The highest BCUT2D eigenvalue weighted by Crippen LogP contribution is 2.28. The minimum absolute atomic E-state index is 0.294. The summed E-state index contributed by atoms with van der Waals surface area (Å²) in [5.41, 5.74) is 7.09. The molecule has 6 rings (SSSR count). The smallest absolute Gasteiger partial charge is 0.423 e. The number of para-hydroxylation sites is 4. The summed E-state index contributed by atoms with van der Waals surface area (Å²) in [6.07, 6.45) is 0. The normalized spacial score (nSPS) is 10.5. The van der Waals surface area contributed by atoms with E-state index < -0.39 is 7.12 Å². The summed E-state index contributed by atoms with van der Waals surface area (Å²) in [4.78, 5) is 17.7. The van der Waals surface area contributed by atoms with Crippen molar-refractivity contribution in [3.8, 4) is 11.3 Å². The van der Waals surface area contributed by atoms with Gasteiger partial charge in [0.1, 0.15) is 0 Å². The monoisotopic (exact) mass is 656 g/mol. The summed E-state index contributed by atoms with van der Waals surface area (Å²) in [6, 6.07) is 25.3. The number of hydrogen-bond acceptors (Lipinski definition) is 6. The van der Waals surface area contributed by atoms with Crippen molar-refractivity contribution in [1.82, 2.24) is 19.9 Å². The lowest BCUT2D eigenvalue weighted by Gasteiger charge is -2.07. The van der Waals surface area contributed by atoms with Crippen LogP contribution < -0.4 is 5.46 Å². The van der Waals surface area contributed by atoms with Gasteiger partial charge in [0, 0.05) is 25.7 Å². The number of halogens is 5. The molecule has 6 aromatic rings. The third-order valence-electron chi connectivity index (χ3n) is 5.75. The summed E-state index contributed by atoms with van der Waals surface area (Å²) in [5.74, 6) is 0. The first kappa shape index (κ1) is 31.9. The Morgan fingerprint density at radius 2 is 0.929 bits per heavy atom. The van der Waals surface area contributed by atoms with Gasteiger partial charge in [-0.15, -0.1) is 0 Å². The van der Waals surface area contributed by atoms with Gasteiger partial charge in [-0.05, 0) is 80.0 Å².